The molecule has 0 aromatic heterocycles. The van der Waals surface area contributed by atoms with Crippen LogP contribution in [0.3, 0.4) is 0 Å². The molecule has 2 nitrogen and oxygen atoms in total. The second-order valence-electron chi connectivity index (χ2n) is 4.14. The maximum atomic E-state index is 11.8. The van der Waals surface area contributed by atoms with Gasteiger partial charge in [-0.05, 0) is 31.0 Å². The molecule has 0 fully saturated rings. The van der Waals surface area contributed by atoms with Crippen molar-refractivity contribution in [2.75, 3.05) is 0 Å². The number of rotatable bonds is 3. The van der Waals surface area contributed by atoms with E-state index in [4.69, 9.17) is 23.2 Å². The third kappa shape index (κ3) is 3.39. The smallest absolute Gasteiger partial charge is 0.251 e. The van der Waals surface area contributed by atoms with Gasteiger partial charge in [0.15, 0.2) is 0 Å². The van der Waals surface area contributed by atoms with E-state index in [0.29, 0.717) is 21.5 Å². The van der Waals surface area contributed by atoms with Crippen molar-refractivity contribution in [3.63, 3.8) is 0 Å². The van der Waals surface area contributed by atoms with Crippen molar-refractivity contribution < 1.29 is 4.79 Å². The van der Waals surface area contributed by atoms with Gasteiger partial charge in [-0.3, -0.25) is 4.79 Å². The summed E-state index contributed by atoms with van der Waals surface area (Å²) in [7, 11) is 0. The Morgan fingerprint density at radius 1 is 1.19 bits per heavy atom. The van der Waals surface area contributed by atoms with Crippen molar-refractivity contribution in [3.05, 3.63) is 33.8 Å². The summed E-state index contributed by atoms with van der Waals surface area (Å²) in [6.07, 6.45) is 0. The minimum Gasteiger partial charge on any atom is -0.349 e. The first kappa shape index (κ1) is 13.3. The standard InChI is InChI=1S/C12H15Cl2NO/c1-7(2)8(3)15-12(16)9-4-5-10(13)11(14)6-9/h4-8H,1-3H3,(H,15,16)/t8-/m0/s1. The third-order valence-electron chi connectivity index (χ3n) is 2.54. The van der Waals surface area contributed by atoms with Crippen LogP contribution >= 0.6 is 23.2 Å². The van der Waals surface area contributed by atoms with Crippen LogP contribution in [0.25, 0.3) is 0 Å². The maximum absolute atomic E-state index is 11.8. The first-order chi connectivity index (χ1) is 7.41. The van der Waals surface area contributed by atoms with Gasteiger partial charge in [0.2, 0.25) is 0 Å². The van der Waals surface area contributed by atoms with Crippen LogP contribution < -0.4 is 5.32 Å². The lowest BCUT2D eigenvalue weighted by Crippen LogP contribution is -2.36. The molecule has 0 aliphatic rings. The van der Waals surface area contributed by atoms with E-state index in [0.717, 1.165) is 0 Å². The van der Waals surface area contributed by atoms with E-state index >= 15 is 0 Å². The molecule has 1 rings (SSSR count). The number of halogens is 2. The van der Waals surface area contributed by atoms with Gasteiger partial charge >= 0.3 is 0 Å². The molecular weight excluding hydrogens is 245 g/mol. The summed E-state index contributed by atoms with van der Waals surface area (Å²) in [5.41, 5.74) is 0.530. The van der Waals surface area contributed by atoms with E-state index in [1.54, 1.807) is 18.2 Å². The Labute approximate surface area is 106 Å². The Morgan fingerprint density at radius 2 is 1.81 bits per heavy atom. The summed E-state index contributed by atoms with van der Waals surface area (Å²) < 4.78 is 0. The molecule has 4 heteroatoms. The van der Waals surface area contributed by atoms with Gasteiger partial charge in [-0.1, -0.05) is 37.0 Å². The zero-order chi connectivity index (χ0) is 12.3. The highest BCUT2D eigenvalue weighted by Gasteiger charge is 2.13. The van der Waals surface area contributed by atoms with Gasteiger partial charge in [-0.25, -0.2) is 0 Å². The van der Waals surface area contributed by atoms with Crippen molar-refractivity contribution >= 4 is 29.1 Å². The molecule has 16 heavy (non-hydrogen) atoms. The molecule has 0 unspecified atom stereocenters. The monoisotopic (exact) mass is 259 g/mol. The fourth-order valence-corrected chi connectivity index (χ4v) is 1.39. The van der Waals surface area contributed by atoms with Crippen molar-refractivity contribution in [2.45, 2.75) is 26.8 Å². The van der Waals surface area contributed by atoms with E-state index < -0.39 is 0 Å². The van der Waals surface area contributed by atoms with E-state index in [-0.39, 0.29) is 11.9 Å². The highest BCUT2D eigenvalue weighted by atomic mass is 35.5. The van der Waals surface area contributed by atoms with Crippen LogP contribution in [0.1, 0.15) is 31.1 Å². The van der Waals surface area contributed by atoms with Gasteiger partial charge < -0.3 is 5.32 Å². The number of hydrogen-bond donors (Lipinski definition) is 1. The molecule has 88 valence electrons. The minimum absolute atomic E-state index is 0.125. The van der Waals surface area contributed by atoms with Crippen molar-refractivity contribution in [1.82, 2.24) is 5.32 Å². The molecule has 1 N–H and O–H groups in total. The first-order valence-electron chi connectivity index (χ1n) is 5.17. The van der Waals surface area contributed by atoms with Crippen molar-refractivity contribution in [2.24, 2.45) is 5.92 Å². The fourth-order valence-electron chi connectivity index (χ4n) is 1.09. The highest BCUT2D eigenvalue weighted by Crippen LogP contribution is 2.22. The zero-order valence-corrected chi connectivity index (χ0v) is 11.1. The summed E-state index contributed by atoms with van der Waals surface area (Å²) in [6, 6.07) is 4.99. The van der Waals surface area contributed by atoms with Crippen molar-refractivity contribution in [3.8, 4) is 0 Å². The lowest BCUT2D eigenvalue weighted by atomic mass is 10.1. The van der Waals surface area contributed by atoms with E-state index in [1.165, 1.54) is 0 Å². The molecule has 0 bridgehead atoms. The van der Waals surface area contributed by atoms with Crippen LogP contribution in [-0.2, 0) is 0 Å². The van der Waals surface area contributed by atoms with Crippen LogP contribution in [0, 0.1) is 5.92 Å². The van der Waals surface area contributed by atoms with E-state index in [9.17, 15) is 4.79 Å². The Bertz CT molecular complexity index is 391. The topological polar surface area (TPSA) is 29.1 Å². The Morgan fingerprint density at radius 3 is 2.31 bits per heavy atom. The van der Waals surface area contributed by atoms with Gasteiger partial charge in [0, 0.05) is 11.6 Å². The summed E-state index contributed by atoms with van der Waals surface area (Å²) in [6.45, 7) is 6.08. The molecule has 1 aromatic carbocycles. The molecule has 1 amide bonds. The van der Waals surface area contributed by atoms with Crippen LogP contribution in [0.15, 0.2) is 18.2 Å². The number of carbonyl (C=O) groups is 1. The molecule has 0 aliphatic carbocycles. The van der Waals surface area contributed by atoms with Crippen LogP contribution in [0.5, 0.6) is 0 Å². The normalized spacial score (nSPS) is 12.6. The summed E-state index contributed by atoms with van der Waals surface area (Å²) in [5, 5.41) is 3.75. The molecule has 0 radical (unpaired) electrons. The predicted octanol–water partition coefficient (Wildman–Crippen LogP) is 3.77. The average molecular weight is 260 g/mol. The molecule has 0 saturated carbocycles. The molecule has 0 saturated heterocycles. The number of benzene rings is 1. The quantitative estimate of drug-likeness (QED) is 0.880. The maximum Gasteiger partial charge on any atom is 0.251 e. The summed E-state index contributed by atoms with van der Waals surface area (Å²) in [5.74, 6) is 0.270. The molecule has 0 heterocycles. The third-order valence-corrected chi connectivity index (χ3v) is 3.28. The van der Waals surface area contributed by atoms with Gasteiger partial charge in [0.05, 0.1) is 10.0 Å². The van der Waals surface area contributed by atoms with Crippen molar-refractivity contribution in [1.29, 1.82) is 0 Å². The lowest BCUT2D eigenvalue weighted by molar-refractivity contribution is 0.0930. The number of nitrogens with one attached hydrogen (secondary N) is 1. The van der Waals surface area contributed by atoms with Gasteiger partial charge in [0.25, 0.3) is 5.91 Å². The predicted molar refractivity (Wildman–Crippen MR) is 68.2 cm³/mol. The lowest BCUT2D eigenvalue weighted by Gasteiger charge is -2.17. The summed E-state index contributed by atoms with van der Waals surface area (Å²) in [4.78, 5) is 11.8. The van der Waals surface area contributed by atoms with Gasteiger partial charge in [-0.15, -0.1) is 0 Å². The molecule has 0 aliphatic heterocycles. The molecule has 1 atom stereocenters. The Balaban J connectivity index is 2.77. The number of amides is 1. The molecule has 0 spiro atoms. The Kier molecular flexibility index (Phi) is 4.63. The van der Waals surface area contributed by atoms with Gasteiger partial charge in [0.1, 0.15) is 0 Å². The van der Waals surface area contributed by atoms with Crippen LogP contribution in [0.2, 0.25) is 10.0 Å². The minimum atomic E-state index is -0.125. The first-order valence-corrected chi connectivity index (χ1v) is 5.93. The molecule has 1 aromatic rings. The van der Waals surface area contributed by atoms with Crippen LogP contribution in [0.4, 0.5) is 0 Å². The number of carbonyl (C=O) groups excluding carboxylic acids is 1. The second-order valence-corrected chi connectivity index (χ2v) is 4.95. The highest BCUT2D eigenvalue weighted by molar-refractivity contribution is 6.42. The largest absolute Gasteiger partial charge is 0.349 e. The van der Waals surface area contributed by atoms with E-state index in [1.807, 2.05) is 6.92 Å². The second kappa shape index (κ2) is 5.55. The zero-order valence-electron chi connectivity index (χ0n) is 9.55. The SMILES string of the molecule is CC(C)[C@H](C)NC(=O)c1ccc(Cl)c(Cl)c1. The average Bonchev–Trinajstić information content (AvgIpc) is 2.21. The van der Waals surface area contributed by atoms with Crippen LogP contribution in [-0.4, -0.2) is 11.9 Å². The van der Waals surface area contributed by atoms with Gasteiger partial charge in [-0.2, -0.15) is 0 Å². The number of hydrogen-bond acceptors (Lipinski definition) is 1. The Hall–Kier alpha value is -0.730. The molecular formula is C12H15Cl2NO. The fraction of sp³-hybridized carbons (Fsp3) is 0.417. The van der Waals surface area contributed by atoms with E-state index in [2.05, 4.69) is 19.2 Å². The summed E-state index contributed by atoms with van der Waals surface area (Å²) >= 11 is 11.6.